The number of imidazole rings is 1. The van der Waals surface area contributed by atoms with Crippen LogP contribution in [0.25, 0.3) is 5.82 Å². The van der Waals surface area contributed by atoms with E-state index in [4.69, 9.17) is 10.00 Å². The standard InChI is InChI=1S/C19H17N5O2/c1-13(26-16-6-3-5-15(11-16)12-20)19(25)23-17-7-4-8-22-18(17)24-10-9-21-14(24)2/h3-11,13H,1-2H3,(H,23,25)/t13-/m0/s1. The fourth-order valence-electron chi connectivity index (χ4n) is 2.42. The highest BCUT2D eigenvalue weighted by atomic mass is 16.5. The molecule has 7 heteroatoms. The maximum atomic E-state index is 12.5. The minimum Gasteiger partial charge on any atom is -0.481 e. The molecule has 0 saturated carbocycles. The molecule has 1 atom stereocenters. The van der Waals surface area contributed by atoms with Crippen LogP contribution in [0.3, 0.4) is 0 Å². The number of amides is 1. The van der Waals surface area contributed by atoms with Gasteiger partial charge in [0, 0.05) is 18.6 Å². The van der Waals surface area contributed by atoms with Gasteiger partial charge in [-0.1, -0.05) is 6.07 Å². The Morgan fingerprint density at radius 2 is 2.12 bits per heavy atom. The highest BCUT2D eigenvalue weighted by Gasteiger charge is 2.18. The van der Waals surface area contributed by atoms with Crippen LogP contribution in [0.4, 0.5) is 5.69 Å². The van der Waals surface area contributed by atoms with Crippen LogP contribution in [0.2, 0.25) is 0 Å². The molecule has 0 aliphatic rings. The molecule has 0 aliphatic carbocycles. The highest BCUT2D eigenvalue weighted by Crippen LogP contribution is 2.20. The number of benzene rings is 1. The molecule has 0 fully saturated rings. The van der Waals surface area contributed by atoms with Crippen molar-refractivity contribution in [1.29, 1.82) is 5.26 Å². The van der Waals surface area contributed by atoms with Gasteiger partial charge >= 0.3 is 0 Å². The number of pyridine rings is 1. The predicted molar refractivity (Wildman–Crippen MR) is 96.0 cm³/mol. The van der Waals surface area contributed by atoms with Crippen LogP contribution in [0.5, 0.6) is 5.75 Å². The van der Waals surface area contributed by atoms with Gasteiger partial charge in [0.15, 0.2) is 11.9 Å². The quantitative estimate of drug-likeness (QED) is 0.766. The number of nitrogens with one attached hydrogen (secondary N) is 1. The predicted octanol–water partition coefficient (Wildman–Crippen LogP) is 2.85. The second-order valence-electron chi connectivity index (χ2n) is 5.61. The second kappa shape index (κ2) is 7.49. The molecule has 2 heterocycles. The van der Waals surface area contributed by atoms with Crippen LogP contribution in [0.1, 0.15) is 18.3 Å². The Balaban J connectivity index is 1.76. The van der Waals surface area contributed by atoms with Crippen molar-refractivity contribution in [3.8, 4) is 17.6 Å². The zero-order valence-electron chi connectivity index (χ0n) is 14.4. The van der Waals surface area contributed by atoms with Crippen molar-refractivity contribution in [2.75, 3.05) is 5.32 Å². The Morgan fingerprint density at radius 3 is 2.85 bits per heavy atom. The number of ether oxygens (including phenoxy) is 1. The van der Waals surface area contributed by atoms with E-state index in [2.05, 4.69) is 15.3 Å². The van der Waals surface area contributed by atoms with Gasteiger partial charge in [0.25, 0.3) is 5.91 Å². The van der Waals surface area contributed by atoms with Crippen molar-refractivity contribution in [3.05, 3.63) is 66.4 Å². The topological polar surface area (TPSA) is 92.8 Å². The van der Waals surface area contributed by atoms with Crippen molar-refractivity contribution in [1.82, 2.24) is 14.5 Å². The van der Waals surface area contributed by atoms with Gasteiger partial charge in [-0.2, -0.15) is 5.26 Å². The van der Waals surface area contributed by atoms with Crippen LogP contribution >= 0.6 is 0 Å². The molecule has 0 bridgehead atoms. The maximum absolute atomic E-state index is 12.5. The van der Waals surface area contributed by atoms with Gasteiger partial charge in [-0.15, -0.1) is 0 Å². The number of rotatable bonds is 5. The summed E-state index contributed by atoms with van der Waals surface area (Å²) in [6, 6.07) is 12.2. The summed E-state index contributed by atoms with van der Waals surface area (Å²) in [5.41, 5.74) is 1.03. The molecule has 0 spiro atoms. The van der Waals surface area contributed by atoms with Gasteiger partial charge in [-0.05, 0) is 44.2 Å². The third kappa shape index (κ3) is 3.70. The van der Waals surface area contributed by atoms with Gasteiger partial charge in [0.2, 0.25) is 0 Å². The largest absolute Gasteiger partial charge is 0.481 e. The number of nitrogens with zero attached hydrogens (tertiary/aromatic N) is 4. The second-order valence-corrected chi connectivity index (χ2v) is 5.61. The van der Waals surface area contributed by atoms with Gasteiger partial charge in [0.1, 0.15) is 11.6 Å². The third-order valence-electron chi connectivity index (χ3n) is 3.74. The lowest BCUT2D eigenvalue weighted by Gasteiger charge is -2.16. The lowest BCUT2D eigenvalue weighted by Crippen LogP contribution is -2.30. The summed E-state index contributed by atoms with van der Waals surface area (Å²) >= 11 is 0. The maximum Gasteiger partial charge on any atom is 0.265 e. The first-order valence-electron chi connectivity index (χ1n) is 8.01. The Morgan fingerprint density at radius 1 is 1.27 bits per heavy atom. The highest BCUT2D eigenvalue weighted by molar-refractivity contribution is 5.95. The van der Waals surface area contributed by atoms with E-state index in [-0.39, 0.29) is 5.91 Å². The van der Waals surface area contributed by atoms with Crippen LogP contribution in [-0.2, 0) is 4.79 Å². The van der Waals surface area contributed by atoms with Gasteiger partial charge in [0.05, 0.1) is 17.3 Å². The van der Waals surface area contributed by atoms with Crippen LogP contribution < -0.4 is 10.1 Å². The number of nitriles is 1. The number of carbonyl (C=O) groups excluding carboxylic acids is 1. The Bertz CT molecular complexity index is 974. The van der Waals surface area contributed by atoms with Crippen LogP contribution in [0.15, 0.2) is 55.0 Å². The SMILES string of the molecule is Cc1nccn1-c1ncccc1NC(=O)[C@H](C)Oc1cccc(C#N)c1. The number of aryl methyl sites for hydroxylation is 1. The number of aromatic nitrogens is 3. The average molecular weight is 347 g/mol. The lowest BCUT2D eigenvalue weighted by molar-refractivity contribution is -0.122. The molecule has 130 valence electrons. The molecule has 1 aromatic carbocycles. The molecule has 0 unspecified atom stereocenters. The summed E-state index contributed by atoms with van der Waals surface area (Å²) in [6.45, 7) is 3.50. The molecule has 2 aromatic heterocycles. The van der Waals surface area contributed by atoms with Gasteiger partial charge in [-0.3, -0.25) is 9.36 Å². The van der Waals surface area contributed by atoms with E-state index >= 15 is 0 Å². The molecular weight excluding hydrogens is 330 g/mol. The monoisotopic (exact) mass is 347 g/mol. The molecule has 0 radical (unpaired) electrons. The molecule has 26 heavy (non-hydrogen) atoms. The Kier molecular flexibility index (Phi) is 4.94. The van der Waals surface area contributed by atoms with E-state index in [9.17, 15) is 4.79 Å². The summed E-state index contributed by atoms with van der Waals surface area (Å²) in [7, 11) is 0. The summed E-state index contributed by atoms with van der Waals surface area (Å²) in [4.78, 5) is 21.0. The molecular formula is C19H17N5O2. The zero-order valence-corrected chi connectivity index (χ0v) is 14.4. The van der Waals surface area contributed by atoms with E-state index in [0.717, 1.165) is 5.82 Å². The van der Waals surface area contributed by atoms with Crippen LogP contribution in [-0.4, -0.2) is 26.5 Å². The normalized spacial score (nSPS) is 11.4. The summed E-state index contributed by atoms with van der Waals surface area (Å²) in [6.07, 6.45) is 4.35. The van der Waals surface area contributed by atoms with Gasteiger partial charge < -0.3 is 10.1 Å². The number of carbonyl (C=O) groups is 1. The summed E-state index contributed by atoms with van der Waals surface area (Å²) < 4.78 is 7.43. The number of hydrogen-bond acceptors (Lipinski definition) is 5. The summed E-state index contributed by atoms with van der Waals surface area (Å²) in [5, 5.41) is 11.8. The number of hydrogen-bond donors (Lipinski definition) is 1. The fraction of sp³-hybridized carbons (Fsp3) is 0.158. The van der Waals surface area contributed by atoms with Crippen molar-refractivity contribution < 1.29 is 9.53 Å². The fourth-order valence-corrected chi connectivity index (χ4v) is 2.42. The van der Waals surface area contributed by atoms with Gasteiger partial charge in [-0.25, -0.2) is 9.97 Å². The lowest BCUT2D eigenvalue weighted by atomic mass is 10.2. The first-order valence-corrected chi connectivity index (χ1v) is 8.01. The molecule has 7 nitrogen and oxygen atoms in total. The van der Waals surface area contributed by atoms with Crippen molar-refractivity contribution in [2.24, 2.45) is 0 Å². The molecule has 3 aromatic rings. The van der Waals surface area contributed by atoms with E-state index < -0.39 is 6.10 Å². The minimum absolute atomic E-state index is 0.320. The Hall–Kier alpha value is -3.66. The van der Waals surface area contributed by atoms with Crippen LogP contribution in [0, 0.1) is 18.3 Å². The first-order chi connectivity index (χ1) is 12.6. The number of anilines is 1. The van der Waals surface area contributed by atoms with E-state index in [0.29, 0.717) is 22.8 Å². The molecule has 1 amide bonds. The van der Waals surface area contributed by atoms with E-state index in [1.165, 1.54) is 0 Å². The van der Waals surface area contributed by atoms with Crippen molar-refractivity contribution in [3.63, 3.8) is 0 Å². The van der Waals surface area contributed by atoms with E-state index in [1.54, 1.807) is 66.5 Å². The van der Waals surface area contributed by atoms with E-state index in [1.807, 2.05) is 13.0 Å². The zero-order chi connectivity index (χ0) is 18.5. The third-order valence-corrected chi connectivity index (χ3v) is 3.74. The Labute approximate surface area is 150 Å². The minimum atomic E-state index is -0.749. The molecule has 0 aliphatic heterocycles. The van der Waals surface area contributed by atoms with Crippen molar-refractivity contribution >= 4 is 11.6 Å². The summed E-state index contributed by atoms with van der Waals surface area (Å²) in [5.74, 6) is 1.48. The molecule has 3 rings (SSSR count). The first kappa shape index (κ1) is 17.2. The van der Waals surface area contributed by atoms with Crippen molar-refractivity contribution in [2.45, 2.75) is 20.0 Å². The molecule has 0 saturated heterocycles. The average Bonchev–Trinajstić information content (AvgIpc) is 3.08. The smallest absolute Gasteiger partial charge is 0.265 e. The molecule has 1 N–H and O–H groups in total.